The minimum absolute atomic E-state index is 0.0133. The van der Waals surface area contributed by atoms with E-state index in [0.717, 1.165) is 22.1 Å². The van der Waals surface area contributed by atoms with Crippen molar-refractivity contribution in [3.63, 3.8) is 0 Å². The fourth-order valence-corrected chi connectivity index (χ4v) is 3.99. The second-order valence-corrected chi connectivity index (χ2v) is 8.31. The van der Waals surface area contributed by atoms with Crippen LogP contribution in [0.2, 0.25) is 0 Å². The average molecular weight is 454 g/mol. The Morgan fingerprint density at radius 1 is 1.03 bits per heavy atom. The molecule has 3 rings (SSSR count). The van der Waals surface area contributed by atoms with Gasteiger partial charge in [-0.25, -0.2) is 0 Å². The molecule has 0 radical (unpaired) electrons. The maximum absolute atomic E-state index is 13.0. The van der Waals surface area contributed by atoms with Gasteiger partial charge >= 0.3 is 5.97 Å². The molecule has 1 aromatic heterocycles. The number of carbonyl (C=O) groups is 2. The second-order valence-electron chi connectivity index (χ2n) is 8.31. The highest BCUT2D eigenvalue weighted by Crippen LogP contribution is 2.32. The van der Waals surface area contributed by atoms with Gasteiger partial charge in [0.1, 0.15) is 5.58 Å². The fourth-order valence-electron chi connectivity index (χ4n) is 3.99. The van der Waals surface area contributed by atoms with Crippen molar-refractivity contribution < 1.29 is 28.2 Å². The fraction of sp³-hybridized carbons (Fsp3) is 0.385. The highest BCUT2D eigenvalue weighted by molar-refractivity contribution is 5.89. The van der Waals surface area contributed by atoms with Crippen molar-refractivity contribution >= 4 is 22.8 Å². The van der Waals surface area contributed by atoms with Crippen molar-refractivity contribution in [1.82, 2.24) is 5.32 Å². The van der Waals surface area contributed by atoms with E-state index in [1.165, 1.54) is 19.8 Å². The average Bonchev–Trinajstić information content (AvgIpc) is 3.18. The van der Waals surface area contributed by atoms with Gasteiger partial charge in [0.25, 0.3) is 0 Å². The molecule has 7 nitrogen and oxygen atoms in total. The topological polar surface area (TPSA) is 87.0 Å². The van der Waals surface area contributed by atoms with Gasteiger partial charge in [-0.05, 0) is 53.8 Å². The minimum atomic E-state index is -0.587. The maximum atomic E-state index is 13.0. The Morgan fingerprint density at radius 3 is 2.39 bits per heavy atom. The van der Waals surface area contributed by atoms with Gasteiger partial charge in [-0.3, -0.25) is 9.59 Å². The van der Waals surface area contributed by atoms with Crippen molar-refractivity contribution in [2.75, 3.05) is 21.3 Å². The zero-order valence-corrected chi connectivity index (χ0v) is 20.0. The summed E-state index contributed by atoms with van der Waals surface area (Å²) in [7, 11) is 4.40. The first-order valence-corrected chi connectivity index (χ1v) is 10.9. The number of furan rings is 1. The van der Waals surface area contributed by atoms with E-state index in [1.54, 1.807) is 31.6 Å². The van der Waals surface area contributed by atoms with Gasteiger partial charge in [0.15, 0.2) is 11.5 Å². The van der Waals surface area contributed by atoms with Crippen LogP contribution in [0.15, 0.2) is 41.0 Å². The van der Waals surface area contributed by atoms with E-state index < -0.39 is 12.0 Å². The lowest BCUT2D eigenvalue weighted by Gasteiger charge is -2.20. The number of methoxy groups -OCH3 is 3. The highest BCUT2D eigenvalue weighted by atomic mass is 16.5. The minimum Gasteiger partial charge on any atom is -0.493 e. The summed E-state index contributed by atoms with van der Waals surface area (Å²) in [4.78, 5) is 25.0. The molecule has 1 heterocycles. The summed E-state index contributed by atoms with van der Waals surface area (Å²) in [5, 5.41) is 3.89. The molecule has 0 aliphatic heterocycles. The monoisotopic (exact) mass is 453 g/mol. The molecule has 33 heavy (non-hydrogen) atoms. The van der Waals surface area contributed by atoms with E-state index in [4.69, 9.17) is 18.6 Å². The van der Waals surface area contributed by atoms with Crippen LogP contribution < -0.4 is 14.8 Å². The number of ether oxygens (including phenoxy) is 3. The molecule has 0 saturated heterocycles. The molecule has 0 bridgehead atoms. The number of rotatable bonds is 9. The molecule has 1 amide bonds. The smallest absolute Gasteiger partial charge is 0.307 e. The van der Waals surface area contributed by atoms with Crippen LogP contribution in [0.5, 0.6) is 11.5 Å². The van der Waals surface area contributed by atoms with Crippen LogP contribution in [0, 0.1) is 6.92 Å². The Kier molecular flexibility index (Phi) is 7.63. The number of aryl methyl sites for hydroxylation is 1. The number of hydrogen-bond acceptors (Lipinski definition) is 6. The van der Waals surface area contributed by atoms with E-state index in [2.05, 4.69) is 32.2 Å². The molecule has 0 spiro atoms. The van der Waals surface area contributed by atoms with Gasteiger partial charge in [-0.2, -0.15) is 0 Å². The third kappa shape index (κ3) is 5.48. The number of esters is 1. The summed E-state index contributed by atoms with van der Waals surface area (Å²) in [5.74, 6) is 0.775. The van der Waals surface area contributed by atoms with Crippen LogP contribution in [0.25, 0.3) is 11.0 Å². The van der Waals surface area contributed by atoms with Crippen molar-refractivity contribution in [1.29, 1.82) is 0 Å². The Labute approximate surface area is 194 Å². The molecule has 1 unspecified atom stereocenters. The highest BCUT2D eigenvalue weighted by Gasteiger charge is 2.22. The molecule has 0 aliphatic carbocycles. The number of carbonyl (C=O) groups excluding carboxylic acids is 2. The summed E-state index contributed by atoms with van der Waals surface area (Å²) in [5.41, 5.74) is 4.65. The first kappa shape index (κ1) is 24.2. The molecule has 0 saturated carbocycles. The van der Waals surface area contributed by atoms with E-state index in [9.17, 15) is 9.59 Å². The number of fused-ring (bicyclic) bond motifs is 1. The van der Waals surface area contributed by atoms with E-state index in [1.807, 2.05) is 6.07 Å². The Hall–Kier alpha value is -3.48. The van der Waals surface area contributed by atoms with Crippen molar-refractivity contribution in [3.8, 4) is 11.5 Å². The zero-order chi connectivity index (χ0) is 24.1. The van der Waals surface area contributed by atoms with Gasteiger partial charge in [-0.1, -0.05) is 19.9 Å². The summed E-state index contributed by atoms with van der Waals surface area (Å²) < 4.78 is 21.2. The Balaban J connectivity index is 1.86. The van der Waals surface area contributed by atoms with E-state index in [-0.39, 0.29) is 18.7 Å². The molecule has 3 aromatic rings. The van der Waals surface area contributed by atoms with Crippen LogP contribution in [-0.4, -0.2) is 33.2 Å². The molecule has 0 aliphatic rings. The lowest BCUT2D eigenvalue weighted by Crippen LogP contribution is -2.31. The van der Waals surface area contributed by atoms with Crippen LogP contribution in [-0.2, 0) is 20.7 Å². The van der Waals surface area contributed by atoms with Crippen LogP contribution in [0.3, 0.4) is 0 Å². The van der Waals surface area contributed by atoms with Crippen LogP contribution >= 0.6 is 0 Å². The van der Waals surface area contributed by atoms with E-state index >= 15 is 0 Å². The van der Waals surface area contributed by atoms with Gasteiger partial charge < -0.3 is 23.9 Å². The molecular weight excluding hydrogens is 422 g/mol. The molecule has 1 N–H and O–H groups in total. The van der Waals surface area contributed by atoms with E-state index in [0.29, 0.717) is 23.0 Å². The maximum Gasteiger partial charge on any atom is 0.307 e. The number of benzene rings is 2. The van der Waals surface area contributed by atoms with Crippen molar-refractivity contribution in [3.05, 3.63) is 58.8 Å². The first-order chi connectivity index (χ1) is 15.8. The molecular formula is C26H31NO6. The molecule has 2 aromatic carbocycles. The standard InChI is InChI=1S/C26H31NO6/c1-15(2)19-12-20-18(14-33-23(20)9-16(19)3)11-25(28)27-21(13-26(29)32-6)17-7-8-22(30-4)24(10-17)31-5/h7-10,12,14-15,21H,11,13H2,1-6H3,(H,27,28). The van der Waals surface area contributed by atoms with Gasteiger partial charge in [0.2, 0.25) is 5.91 Å². The lowest BCUT2D eigenvalue weighted by molar-refractivity contribution is -0.141. The first-order valence-electron chi connectivity index (χ1n) is 10.9. The quantitative estimate of drug-likeness (QED) is 0.466. The Morgan fingerprint density at radius 2 is 1.76 bits per heavy atom. The van der Waals surface area contributed by atoms with Crippen molar-refractivity contribution in [2.24, 2.45) is 0 Å². The molecule has 7 heteroatoms. The van der Waals surface area contributed by atoms with Crippen molar-refractivity contribution in [2.45, 2.75) is 45.6 Å². The SMILES string of the molecule is COC(=O)CC(NC(=O)Cc1coc2cc(C)c(C(C)C)cc12)c1ccc(OC)c(OC)c1. The Bertz CT molecular complexity index is 1150. The molecule has 176 valence electrons. The summed E-state index contributed by atoms with van der Waals surface area (Å²) in [6.45, 7) is 6.34. The lowest BCUT2D eigenvalue weighted by atomic mass is 9.95. The van der Waals surface area contributed by atoms with Crippen LogP contribution in [0.1, 0.15) is 54.5 Å². The van der Waals surface area contributed by atoms with Gasteiger partial charge in [0.05, 0.1) is 46.5 Å². The zero-order valence-electron chi connectivity index (χ0n) is 20.0. The summed E-state index contributed by atoms with van der Waals surface area (Å²) >= 11 is 0. The molecule has 1 atom stereocenters. The summed E-state index contributed by atoms with van der Waals surface area (Å²) in [6.07, 6.45) is 1.73. The van der Waals surface area contributed by atoms with Gasteiger partial charge in [-0.15, -0.1) is 0 Å². The molecule has 0 fully saturated rings. The summed E-state index contributed by atoms with van der Waals surface area (Å²) in [6, 6.07) is 8.80. The number of hydrogen-bond donors (Lipinski definition) is 1. The normalized spacial score (nSPS) is 12.0. The van der Waals surface area contributed by atoms with Gasteiger partial charge in [0, 0.05) is 10.9 Å². The largest absolute Gasteiger partial charge is 0.493 e. The second kappa shape index (κ2) is 10.4. The van der Waals surface area contributed by atoms with Crippen LogP contribution in [0.4, 0.5) is 0 Å². The third-order valence-electron chi connectivity index (χ3n) is 5.76. The number of amides is 1. The predicted molar refractivity (Wildman–Crippen MR) is 126 cm³/mol. The third-order valence-corrected chi connectivity index (χ3v) is 5.76. The number of nitrogens with one attached hydrogen (secondary N) is 1. The predicted octanol–water partition coefficient (Wildman–Crippen LogP) is 4.84.